The second-order valence-electron chi connectivity index (χ2n) is 4.31. The first-order valence-corrected chi connectivity index (χ1v) is 4.96. The van der Waals surface area contributed by atoms with Crippen molar-refractivity contribution in [1.82, 2.24) is 4.90 Å². The summed E-state index contributed by atoms with van der Waals surface area (Å²) in [6.07, 6.45) is 7.05. The molecule has 0 bridgehead atoms. The van der Waals surface area contributed by atoms with Crippen LogP contribution in [0.4, 0.5) is 0 Å². The van der Waals surface area contributed by atoms with E-state index in [9.17, 15) is 0 Å². The summed E-state index contributed by atoms with van der Waals surface area (Å²) in [4.78, 5) is 2.44. The van der Waals surface area contributed by atoms with E-state index in [2.05, 4.69) is 36.8 Å². The van der Waals surface area contributed by atoms with Gasteiger partial charge in [0, 0.05) is 12.7 Å². The Bertz CT molecular complexity index is 223. The third-order valence-electron chi connectivity index (χ3n) is 3.18. The van der Waals surface area contributed by atoms with Crippen LogP contribution in [0, 0.1) is 11.8 Å². The predicted molar refractivity (Wildman–Crippen MR) is 50.7 cm³/mol. The Kier molecular flexibility index (Phi) is 1.98. The SMILES string of the molecule is CC(C)C1CCC2C=C=CN2C1. The van der Waals surface area contributed by atoms with Crippen LogP contribution < -0.4 is 0 Å². The lowest BCUT2D eigenvalue weighted by atomic mass is 9.86. The average Bonchev–Trinajstić information content (AvgIpc) is 2.49. The molecule has 66 valence electrons. The van der Waals surface area contributed by atoms with Crippen LogP contribution in [0.3, 0.4) is 0 Å². The number of hydrogen-bond donors (Lipinski definition) is 0. The zero-order valence-corrected chi connectivity index (χ0v) is 7.96. The predicted octanol–water partition coefficient (Wildman–Crippen LogP) is 2.41. The standard InChI is InChI=1S/C11H17N/c1-9(2)10-5-6-11-4-3-7-12(11)8-10/h4,7,9-11H,5-6,8H2,1-2H3. The fraction of sp³-hybridized carbons (Fsp3) is 0.727. The van der Waals surface area contributed by atoms with Gasteiger partial charge in [-0.2, -0.15) is 0 Å². The maximum atomic E-state index is 3.20. The van der Waals surface area contributed by atoms with Crippen LogP contribution in [0.5, 0.6) is 0 Å². The van der Waals surface area contributed by atoms with E-state index in [1.54, 1.807) is 0 Å². The van der Waals surface area contributed by atoms with Gasteiger partial charge in [0.15, 0.2) is 0 Å². The Hall–Kier alpha value is -0.680. The van der Waals surface area contributed by atoms with Crippen molar-refractivity contribution in [2.75, 3.05) is 6.54 Å². The van der Waals surface area contributed by atoms with E-state index in [1.165, 1.54) is 19.4 Å². The van der Waals surface area contributed by atoms with Crippen LogP contribution in [0.25, 0.3) is 0 Å². The van der Waals surface area contributed by atoms with E-state index in [0.717, 1.165) is 11.8 Å². The van der Waals surface area contributed by atoms with Gasteiger partial charge in [-0.1, -0.05) is 13.8 Å². The van der Waals surface area contributed by atoms with Gasteiger partial charge < -0.3 is 4.90 Å². The topological polar surface area (TPSA) is 3.24 Å². The lowest BCUT2D eigenvalue weighted by molar-refractivity contribution is 0.163. The summed E-state index contributed by atoms with van der Waals surface area (Å²) in [5.41, 5.74) is 3.20. The summed E-state index contributed by atoms with van der Waals surface area (Å²) in [6.45, 7) is 5.91. The average molecular weight is 163 g/mol. The van der Waals surface area contributed by atoms with Crippen molar-refractivity contribution in [2.45, 2.75) is 32.7 Å². The van der Waals surface area contributed by atoms with Gasteiger partial charge in [-0.05, 0) is 30.8 Å². The monoisotopic (exact) mass is 163 g/mol. The first-order valence-electron chi connectivity index (χ1n) is 4.96. The van der Waals surface area contributed by atoms with Gasteiger partial charge in [-0.3, -0.25) is 0 Å². The molecule has 0 amide bonds. The largest absolute Gasteiger partial charge is 0.364 e. The van der Waals surface area contributed by atoms with E-state index >= 15 is 0 Å². The minimum absolute atomic E-state index is 0.681. The van der Waals surface area contributed by atoms with Crippen molar-refractivity contribution in [3.63, 3.8) is 0 Å². The summed E-state index contributed by atoms with van der Waals surface area (Å²) < 4.78 is 0. The third kappa shape index (κ3) is 1.30. The van der Waals surface area contributed by atoms with Gasteiger partial charge in [0.1, 0.15) is 0 Å². The van der Waals surface area contributed by atoms with Gasteiger partial charge in [0.05, 0.1) is 6.04 Å². The second-order valence-corrected chi connectivity index (χ2v) is 4.31. The molecule has 0 aromatic carbocycles. The summed E-state index contributed by atoms with van der Waals surface area (Å²) in [6, 6.07) is 0.681. The van der Waals surface area contributed by atoms with Gasteiger partial charge in [-0.25, -0.2) is 0 Å². The second kappa shape index (κ2) is 2.99. The first-order chi connectivity index (χ1) is 5.77. The van der Waals surface area contributed by atoms with E-state index in [4.69, 9.17) is 0 Å². The zero-order valence-electron chi connectivity index (χ0n) is 7.96. The number of fused-ring (bicyclic) bond motifs is 1. The maximum Gasteiger partial charge on any atom is 0.0547 e. The van der Waals surface area contributed by atoms with Crippen molar-refractivity contribution in [1.29, 1.82) is 0 Å². The molecule has 2 aliphatic heterocycles. The Morgan fingerprint density at radius 2 is 2.25 bits per heavy atom. The van der Waals surface area contributed by atoms with Crippen LogP contribution in [0.2, 0.25) is 0 Å². The Morgan fingerprint density at radius 1 is 1.42 bits per heavy atom. The van der Waals surface area contributed by atoms with Crippen molar-refractivity contribution < 1.29 is 0 Å². The van der Waals surface area contributed by atoms with Crippen LogP contribution in [-0.2, 0) is 0 Å². The summed E-state index contributed by atoms with van der Waals surface area (Å²) in [5.74, 6) is 1.73. The number of rotatable bonds is 1. The molecule has 0 saturated carbocycles. The van der Waals surface area contributed by atoms with Crippen LogP contribution in [-0.4, -0.2) is 17.5 Å². The molecule has 2 aliphatic rings. The lowest BCUT2D eigenvalue weighted by Gasteiger charge is -2.36. The first kappa shape index (κ1) is 7.94. The molecular formula is C11H17N. The molecule has 0 spiro atoms. The van der Waals surface area contributed by atoms with Crippen LogP contribution in [0.15, 0.2) is 18.0 Å². The smallest absolute Gasteiger partial charge is 0.0547 e. The van der Waals surface area contributed by atoms with Gasteiger partial charge in [-0.15, -0.1) is 5.73 Å². The molecule has 0 aliphatic carbocycles. The molecule has 2 rings (SSSR count). The molecule has 2 heterocycles. The highest BCUT2D eigenvalue weighted by Gasteiger charge is 2.27. The van der Waals surface area contributed by atoms with Crippen molar-refractivity contribution >= 4 is 0 Å². The molecule has 12 heavy (non-hydrogen) atoms. The molecule has 2 atom stereocenters. The number of hydrogen-bond acceptors (Lipinski definition) is 1. The van der Waals surface area contributed by atoms with Crippen molar-refractivity contribution in [3.05, 3.63) is 18.0 Å². The fourth-order valence-corrected chi connectivity index (χ4v) is 2.17. The molecule has 0 N–H and O–H groups in total. The Balaban J connectivity index is 1.98. The molecular weight excluding hydrogens is 146 g/mol. The van der Waals surface area contributed by atoms with E-state index in [1.807, 2.05) is 0 Å². The molecule has 1 saturated heterocycles. The van der Waals surface area contributed by atoms with Crippen molar-refractivity contribution in [2.24, 2.45) is 11.8 Å². The summed E-state index contributed by atoms with van der Waals surface area (Å²) >= 11 is 0. The highest BCUT2D eigenvalue weighted by molar-refractivity contribution is 5.07. The molecule has 1 fully saturated rings. The normalized spacial score (nSPS) is 33.1. The highest BCUT2D eigenvalue weighted by atomic mass is 15.2. The Labute approximate surface area is 74.8 Å². The third-order valence-corrected chi connectivity index (χ3v) is 3.18. The number of nitrogens with zero attached hydrogens (tertiary/aromatic N) is 1. The van der Waals surface area contributed by atoms with Crippen LogP contribution >= 0.6 is 0 Å². The van der Waals surface area contributed by atoms with Gasteiger partial charge in [0.2, 0.25) is 0 Å². The van der Waals surface area contributed by atoms with Crippen molar-refractivity contribution in [3.8, 4) is 0 Å². The van der Waals surface area contributed by atoms with Crippen LogP contribution in [0.1, 0.15) is 26.7 Å². The Morgan fingerprint density at radius 3 is 3.00 bits per heavy atom. The van der Waals surface area contributed by atoms with Gasteiger partial charge >= 0.3 is 0 Å². The molecule has 0 radical (unpaired) electrons. The van der Waals surface area contributed by atoms with E-state index in [0.29, 0.717) is 6.04 Å². The maximum absolute atomic E-state index is 3.20. The number of piperidine rings is 1. The molecule has 0 aromatic heterocycles. The minimum atomic E-state index is 0.681. The molecule has 1 heteroatoms. The lowest BCUT2D eigenvalue weighted by Crippen LogP contribution is -2.38. The van der Waals surface area contributed by atoms with Gasteiger partial charge in [0.25, 0.3) is 0 Å². The van der Waals surface area contributed by atoms with E-state index in [-0.39, 0.29) is 0 Å². The molecule has 1 nitrogen and oxygen atoms in total. The zero-order chi connectivity index (χ0) is 8.55. The fourth-order valence-electron chi connectivity index (χ4n) is 2.17. The quantitative estimate of drug-likeness (QED) is 0.536. The summed E-state index contributed by atoms with van der Waals surface area (Å²) in [7, 11) is 0. The molecule has 0 aromatic rings. The summed E-state index contributed by atoms with van der Waals surface area (Å²) in [5, 5.41) is 0. The highest BCUT2D eigenvalue weighted by Crippen LogP contribution is 2.29. The molecule has 2 unspecified atom stereocenters. The van der Waals surface area contributed by atoms with E-state index < -0.39 is 0 Å². The minimum Gasteiger partial charge on any atom is -0.364 e.